The van der Waals surface area contributed by atoms with Crippen LogP contribution in [0.3, 0.4) is 0 Å². The minimum atomic E-state index is -0.556. The summed E-state index contributed by atoms with van der Waals surface area (Å²) in [6, 6.07) is 8.05. The highest BCUT2D eigenvalue weighted by Gasteiger charge is 2.44. The lowest BCUT2D eigenvalue weighted by atomic mass is 9.73. The molecule has 2 aliphatic rings. The van der Waals surface area contributed by atoms with Crippen LogP contribution in [0.5, 0.6) is 0 Å². The van der Waals surface area contributed by atoms with E-state index in [9.17, 15) is 9.90 Å². The van der Waals surface area contributed by atoms with Gasteiger partial charge in [-0.1, -0.05) is 55.8 Å². The highest BCUT2D eigenvalue weighted by Crippen LogP contribution is 2.44. The van der Waals surface area contributed by atoms with E-state index in [1.165, 1.54) is 32.1 Å². The largest absolute Gasteiger partial charge is 0.396 e. The van der Waals surface area contributed by atoms with Crippen molar-refractivity contribution in [2.45, 2.75) is 89.1 Å². The number of nitrogens with zero attached hydrogens (tertiary/aromatic N) is 1. The number of carbonyl (C=O) groups is 1. The summed E-state index contributed by atoms with van der Waals surface area (Å²) in [5, 5.41) is 13.6. The molecule has 3 rings (SSSR count). The molecule has 1 heterocycles. The predicted octanol–water partition coefficient (Wildman–Crippen LogP) is 6.19. The first-order valence-corrected chi connectivity index (χ1v) is 15.8. The fourth-order valence-corrected chi connectivity index (χ4v) is 7.13. The molecule has 1 saturated heterocycles. The van der Waals surface area contributed by atoms with Crippen molar-refractivity contribution in [3.63, 3.8) is 0 Å². The van der Waals surface area contributed by atoms with Crippen molar-refractivity contribution in [3.8, 4) is 0 Å². The van der Waals surface area contributed by atoms with E-state index in [4.69, 9.17) is 21.1 Å². The van der Waals surface area contributed by atoms with Crippen LogP contribution in [-0.4, -0.2) is 69.5 Å². The molecule has 6 nitrogen and oxygen atoms in total. The van der Waals surface area contributed by atoms with Gasteiger partial charge in [-0.25, -0.2) is 0 Å². The van der Waals surface area contributed by atoms with Crippen molar-refractivity contribution in [1.29, 1.82) is 0 Å². The zero-order valence-corrected chi connectivity index (χ0v) is 25.2. The molecule has 2 fully saturated rings. The first kappa shape index (κ1) is 32.3. The zero-order valence-electron chi connectivity index (χ0n) is 24.5. The van der Waals surface area contributed by atoms with Gasteiger partial charge in [-0.05, 0) is 88.1 Å². The van der Waals surface area contributed by atoms with Crippen LogP contribution in [-0.2, 0) is 19.9 Å². The zero-order chi connectivity index (χ0) is 27.9. The van der Waals surface area contributed by atoms with Gasteiger partial charge < -0.3 is 24.8 Å². The Morgan fingerprint density at radius 1 is 1.15 bits per heavy atom. The second-order valence-corrected chi connectivity index (χ2v) is 12.3. The Hall–Kier alpha value is -1.18. The molecule has 1 aromatic rings. The van der Waals surface area contributed by atoms with Gasteiger partial charge in [0.2, 0.25) is 5.91 Å². The molecule has 0 unspecified atom stereocenters. The Morgan fingerprint density at radius 3 is 2.69 bits per heavy atom. The number of aliphatic hydroxyl groups excluding tert-OH is 1. The number of piperidine rings is 1. The molecule has 3 atom stereocenters. The number of carbonyl (C=O) groups excluding carboxylic acids is 1. The fourth-order valence-electron chi connectivity index (χ4n) is 6.94. The highest BCUT2D eigenvalue weighted by atomic mass is 35.5. The maximum absolute atomic E-state index is 13.7. The minimum absolute atomic E-state index is 0.0957. The third kappa shape index (κ3) is 10.00. The van der Waals surface area contributed by atoms with Gasteiger partial charge in [0.25, 0.3) is 0 Å². The van der Waals surface area contributed by atoms with Crippen LogP contribution < -0.4 is 5.32 Å². The molecule has 1 aliphatic heterocycles. The summed E-state index contributed by atoms with van der Waals surface area (Å²) in [7, 11) is 3.74. The predicted molar refractivity (Wildman–Crippen MR) is 159 cm³/mol. The van der Waals surface area contributed by atoms with Gasteiger partial charge in [-0.15, -0.1) is 0 Å². The summed E-state index contributed by atoms with van der Waals surface area (Å²) in [5.41, 5.74) is 0.522. The number of ether oxygens (including phenoxy) is 2. The summed E-state index contributed by atoms with van der Waals surface area (Å²) < 4.78 is 12.1. The second-order valence-electron chi connectivity index (χ2n) is 11.8. The molecule has 1 aromatic carbocycles. The molecule has 1 aliphatic carbocycles. The van der Waals surface area contributed by atoms with Gasteiger partial charge in [0.1, 0.15) is 0 Å². The van der Waals surface area contributed by atoms with Crippen molar-refractivity contribution >= 4 is 17.5 Å². The van der Waals surface area contributed by atoms with E-state index in [1.54, 1.807) is 7.11 Å². The van der Waals surface area contributed by atoms with Gasteiger partial charge >= 0.3 is 0 Å². The van der Waals surface area contributed by atoms with Crippen LogP contribution in [0.25, 0.3) is 0 Å². The number of halogens is 1. The number of methoxy groups -OCH3 is 1. The van der Waals surface area contributed by atoms with Crippen molar-refractivity contribution < 1.29 is 19.4 Å². The van der Waals surface area contributed by atoms with E-state index in [-0.39, 0.29) is 18.4 Å². The first-order valence-electron chi connectivity index (χ1n) is 15.4. The van der Waals surface area contributed by atoms with Gasteiger partial charge in [-0.3, -0.25) is 4.79 Å². The molecule has 1 amide bonds. The Kier molecular flexibility index (Phi) is 14.6. The number of nitrogens with one attached hydrogen (secondary N) is 1. The molecule has 39 heavy (non-hydrogen) atoms. The Labute approximate surface area is 242 Å². The number of rotatable bonds is 17. The Balaban J connectivity index is 1.78. The molecule has 0 spiro atoms. The molecule has 222 valence electrons. The van der Waals surface area contributed by atoms with Gasteiger partial charge in [0, 0.05) is 57.4 Å². The number of benzene rings is 1. The second kappa shape index (κ2) is 17.6. The van der Waals surface area contributed by atoms with Crippen molar-refractivity contribution in [3.05, 3.63) is 34.9 Å². The Morgan fingerprint density at radius 2 is 1.97 bits per heavy atom. The summed E-state index contributed by atoms with van der Waals surface area (Å²) >= 11 is 6.49. The van der Waals surface area contributed by atoms with E-state index >= 15 is 0 Å². The van der Waals surface area contributed by atoms with Gasteiger partial charge in [0.15, 0.2) is 0 Å². The van der Waals surface area contributed by atoms with Crippen molar-refractivity contribution in [1.82, 2.24) is 10.2 Å². The summed E-state index contributed by atoms with van der Waals surface area (Å²) in [6.07, 6.45) is 13.7. The monoisotopic (exact) mass is 564 g/mol. The quantitative estimate of drug-likeness (QED) is 0.221. The van der Waals surface area contributed by atoms with Crippen molar-refractivity contribution in [2.24, 2.45) is 17.8 Å². The topological polar surface area (TPSA) is 71.0 Å². The minimum Gasteiger partial charge on any atom is -0.396 e. The molecular formula is C32H53ClN2O4. The number of hydrogen-bond acceptors (Lipinski definition) is 5. The smallest absolute Gasteiger partial charge is 0.222 e. The normalized spacial score (nSPS) is 21.0. The molecule has 0 aromatic heterocycles. The average Bonchev–Trinajstić information content (AvgIpc) is 2.95. The maximum Gasteiger partial charge on any atom is 0.222 e. The van der Waals surface area contributed by atoms with E-state index < -0.39 is 5.60 Å². The van der Waals surface area contributed by atoms with Crippen LogP contribution in [0.1, 0.15) is 89.0 Å². The fraction of sp³-hybridized carbons (Fsp3) is 0.781. The molecule has 0 radical (unpaired) electrons. The van der Waals surface area contributed by atoms with Crippen LogP contribution in [0.2, 0.25) is 5.02 Å². The molecule has 0 bridgehead atoms. The van der Waals surface area contributed by atoms with Crippen LogP contribution in [0.15, 0.2) is 24.3 Å². The lowest BCUT2D eigenvalue weighted by Crippen LogP contribution is -2.50. The summed E-state index contributed by atoms with van der Waals surface area (Å²) in [5.74, 6) is 1.60. The van der Waals surface area contributed by atoms with Gasteiger partial charge in [-0.2, -0.15) is 0 Å². The standard InChI is InChI=1S/C32H53ClN2O4/c1-34-24-27(21-26-11-4-3-5-12-26)22-31(37)35-17-9-14-29(25-35)32(39-20-10-18-36,16-6-7-19-38-2)28-13-8-15-30(33)23-28/h8,13,15,23,26-27,29,34,36H,3-7,9-12,14,16-22,24-25H2,1-2H3/t27-,29-,32-/m1/s1. The van der Waals surface area contributed by atoms with Crippen LogP contribution in [0.4, 0.5) is 0 Å². The highest BCUT2D eigenvalue weighted by molar-refractivity contribution is 6.30. The van der Waals surface area contributed by atoms with Gasteiger partial charge in [0.05, 0.1) is 5.60 Å². The van der Waals surface area contributed by atoms with E-state index in [0.717, 1.165) is 63.1 Å². The molecule has 1 saturated carbocycles. The lowest BCUT2D eigenvalue weighted by molar-refractivity contribution is -0.144. The SMILES string of the molecule is CNC[C@@H](CC(=O)N1CCC[C@@H]([C@](CCCCOC)(OCCCO)c2cccc(Cl)c2)C1)CC1CCCCC1. The number of amides is 1. The third-order valence-electron chi connectivity index (χ3n) is 8.90. The van der Waals surface area contributed by atoms with E-state index in [1.807, 2.05) is 25.2 Å². The molecular weight excluding hydrogens is 512 g/mol. The first-order chi connectivity index (χ1) is 19.0. The summed E-state index contributed by atoms with van der Waals surface area (Å²) in [6.45, 7) is 3.70. The average molecular weight is 565 g/mol. The number of aliphatic hydroxyl groups is 1. The van der Waals surface area contributed by atoms with E-state index in [2.05, 4.69) is 16.3 Å². The summed E-state index contributed by atoms with van der Waals surface area (Å²) in [4.78, 5) is 15.8. The third-order valence-corrected chi connectivity index (χ3v) is 9.14. The Bertz CT molecular complexity index is 834. The molecule has 2 N–H and O–H groups in total. The number of hydrogen-bond donors (Lipinski definition) is 2. The lowest BCUT2D eigenvalue weighted by Gasteiger charge is -2.46. The molecule has 7 heteroatoms. The van der Waals surface area contributed by atoms with Crippen LogP contribution in [0, 0.1) is 17.8 Å². The number of likely N-dealkylation sites (tertiary alicyclic amines) is 1. The van der Waals surface area contributed by atoms with E-state index in [0.29, 0.717) is 43.5 Å². The van der Waals surface area contributed by atoms with Crippen molar-refractivity contribution in [2.75, 3.05) is 53.6 Å². The number of unbranched alkanes of at least 4 members (excludes halogenated alkanes) is 1. The van der Waals surface area contributed by atoms with Crippen LogP contribution >= 0.6 is 11.6 Å². The maximum atomic E-state index is 13.7.